The zero-order valence-electron chi connectivity index (χ0n) is 7.17. The first-order valence-corrected chi connectivity index (χ1v) is 3.83. The minimum atomic E-state index is -3.02. The number of nitrogens with two attached hydrogens (primary N) is 1. The fraction of sp³-hybridized carbons (Fsp3) is 0.429. The number of halogens is 3. The number of rotatable bonds is 4. The maximum atomic E-state index is 12.6. The van der Waals surface area contributed by atoms with Gasteiger partial charge in [0.25, 0.3) is 5.92 Å². The predicted octanol–water partition coefficient (Wildman–Crippen LogP) is 0.622. The Bertz CT molecular complexity index is 287. The third-order valence-electron chi connectivity index (χ3n) is 1.42. The normalized spacial score (nSPS) is 11.4. The number of hydrogen-bond donors (Lipinski definition) is 2. The average Bonchev–Trinajstić information content (AvgIpc) is 2.17. The lowest BCUT2D eigenvalue weighted by atomic mass is 10.3. The summed E-state index contributed by atoms with van der Waals surface area (Å²) in [5.41, 5.74) is 4.80. The Labute approximate surface area is 78.4 Å². The van der Waals surface area contributed by atoms with Crippen LogP contribution >= 0.6 is 0 Å². The van der Waals surface area contributed by atoms with Crippen molar-refractivity contribution in [1.29, 1.82) is 0 Å². The molecule has 1 aromatic rings. The first-order chi connectivity index (χ1) is 6.53. The quantitative estimate of drug-likeness (QED) is 0.758. The zero-order valence-corrected chi connectivity index (χ0v) is 7.17. The number of anilines is 1. The number of aromatic nitrogens is 2. The highest BCUT2D eigenvalue weighted by Crippen LogP contribution is 2.11. The summed E-state index contributed by atoms with van der Waals surface area (Å²) in [5, 5.41) is 2.24. The van der Waals surface area contributed by atoms with Crippen LogP contribution in [0.25, 0.3) is 0 Å². The van der Waals surface area contributed by atoms with E-state index in [1.54, 1.807) is 0 Å². The lowest BCUT2D eigenvalue weighted by molar-refractivity contribution is 0.0252. The van der Waals surface area contributed by atoms with Crippen molar-refractivity contribution in [2.45, 2.75) is 5.92 Å². The van der Waals surface area contributed by atoms with Crippen molar-refractivity contribution in [3.63, 3.8) is 0 Å². The van der Waals surface area contributed by atoms with Crippen molar-refractivity contribution in [3.8, 4) is 0 Å². The van der Waals surface area contributed by atoms with Crippen molar-refractivity contribution in [2.24, 2.45) is 5.73 Å². The van der Waals surface area contributed by atoms with E-state index in [2.05, 4.69) is 15.3 Å². The van der Waals surface area contributed by atoms with Crippen LogP contribution in [0.2, 0.25) is 0 Å². The largest absolute Gasteiger partial charge is 0.348 e. The van der Waals surface area contributed by atoms with E-state index in [0.717, 1.165) is 12.4 Å². The van der Waals surface area contributed by atoms with Gasteiger partial charge in [0.15, 0.2) is 5.82 Å². The standard InChI is InChI=1S/C7H9F3N4/c8-5-1-12-6(13-2-5)14-4-7(9,10)3-11/h1-2H,3-4,11H2,(H,12,13,14). The number of alkyl halides is 2. The smallest absolute Gasteiger partial charge is 0.277 e. The number of nitrogens with one attached hydrogen (secondary N) is 1. The van der Waals surface area contributed by atoms with Crippen LogP contribution in [-0.2, 0) is 0 Å². The van der Waals surface area contributed by atoms with Crippen molar-refractivity contribution in [3.05, 3.63) is 18.2 Å². The fourth-order valence-electron chi connectivity index (χ4n) is 0.684. The molecule has 3 N–H and O–H groups in total. The third kappa shape index (κ3) is 3.17. The summed E-state index contributed by atoms with van der Waals surface area (Å²) in [6, 6.07) is 0. The summed E-state index contributed by atoms with van der Waals surface area (Å²) in [5.74, 6) is -3.70. The van der Waals surface area contributed by atoms with Gasteiger partial charge < -0.3 is 11.1 Å². The Kier molecular flexibility index (Phi) is 3.23. The Morgan fingerprint density at radius 1 is 1.36 bits per heavy atom. The molecule has 0 aliphatic rings. The number of hydrogen-bond acceptors (Lipinski definition) is 4. The summed E-state index contributed by atoms with van der Waals surface area (Å²) in [6.07, 6.45) is 1.77. The monoisotopic (exact) mass is 206 g/mol. The molecule has 0 spiro atoms. The van der Waals surface area contributed by atoms with Crippen molar-refractivity contribution < 1.29 is 13.2 Å². The van der Waals surface area contributed by atoms with Gasteiger partial charge in [-0.15, -0.1) is 0 Å². The summed E-state index contributed by atoms with van der Waals surface area (Å²) in [7, 11) is 0. The minimum Gasteiger partial charge on any atom is -0.348 e. The van der Waals surface area contributed by atoms with Gasteiger partial charge in [0.2, 0.25) is 5.95 Å². The molecule has 1 rings (SSSR count). The molecule has 1 aromatic heterocycles. The molecule has 14 heavy (non-hydrogen) atoms. The highest BCUT2D eigenvalue weighted by Gasteiger charge is 2.26. The van der Waals surface area contributed by atoms with Crippen molar-refractivity contribution in [2.75, 3.05) is 18.4 Å². The Hall–Kier alpha value is -1.37. The Morgan fingerprint density at radius 3 is 2.43 bits per heavy atom. The molecule has 0 aromatic carbocycles. The second-order valence-corrected chi connectivity index (χ2v) is 2.64. The lowest BCUT2D eigenvalue weighted by Gasteiger charge is -2.13. The van der Waals surface area contributed by atoms with Gasteiger partial charge in [0.05, 0.1) is 25.5 Å². The molecule has 0 amide bonds. The van der Waals surface area contributed by atoms with Gasteiger partial charge >= 0.3 is 0 Å². The van der Waals surface area contributed by atoms with Crippen LogP contribution in [0.4, 0.5) is 19.1 Å². The average molecular weight is 206 g/mol. The van der Waals surface area contributed by atoms with Gasteiger partial charge in [-0.2, -0.15) is 0 Å². The van der Waals surface area contributed by atoms with Crippen LogP contribution in [0.1, 0.15) is 0 Å². The van der Waals surface area contributed by atoms with Crippen molar-refractivity contribution >= 4 is 5.95 Å². The van der Waals surface area contributed by atoms with E-state index in [1.165, 1.54) is 0 Å². The van der Waals surface area contributed by atoms with E-state index in [-0.39, 0.29) is 5.95 Å². The Morgan fingerprint density at radius 2 is 1.93 bits per heavy atom. The minimum absolute atomic E-state index is 0.0560. The van der Waals surface area contributed by atoms with Gasteiger partial charge in [-0.25, -0.2) is 23.1 Å². The van der Waals surface area contributed by atoms with E-state index in [9.17, 15) is 13.2 Å². The van der Waals surface area contributed by atoms with Crippen LogP contribution < -0.4 is 11.1 Å². The molecule has 0 unspecified atom stereocenters. The summed E-state index contributed by atoms with van der Waals surface area (Å²) in [4.78, 5) is 6.89. The van der Waals surface area contributed by atoms with Gasteiger partial charge in [-0.05, 0) is 0 Å². The molecule has 0 atom stereocenters. The van der Waals surface area contributed by atoms with Gasteiger partial charge in [0.1, 0.15) is 0 Å². The second kappa shape index (κ2) is 4.23. The molecule has 4 nitrogen and oxygen atoms in total. The summed E-state index contributed by atoms with van der Waals surface area (Å²) < 4.78 is 37.5. The molecule has 7 heteroatoms. The highest BCUT2D eigenvalue weighted by molar-refractivity contribution is 5.22. The molecule has 0 saturated heterocycles. The van der Waals surface area contributed by atoms with Gasteiger partial charge in [-0.3, -0.25) is 0 Å². The maximum Gasteiger partial charge on any atom is 0.277 e. The first kappa shape index (κ1) is 10.7. The van der Waals surface area contributed by atoms with Gasteiger partial charge in [-0.1, -0.05) is 0 Å². The van der Waals surface area contributed by atoms with Crippen LogP contribution in [0.5, 0.6) is 0 Å². The van der Waals surface area contributed by atoms with Crippen molar-refractivity contribution in [1.82, 2.24) is 9.97 Å². The second-order valence-electron chi connectivity index (χ2n) is 2.64. The molecular weight excluding hydrogens is 197 g/mol. The van der Waals surface area contributed by atoms with E-state index in [4.69, 9.17) is 5.73 Å². The number of nitrogens with zero attached hydrogens (tertiary/aromatic N) is 2. The molecule has 0 radical (unpaired) electrons. The van der Waals surface area contributed by atoms with E-state index in [1.807, 2.05) is 0 Å². The van der Waals surface area contributed by atoms with Crippen LogP contribution in [0.3, 0.4) is 0 Å². The molecule has 78 valence electrons. The van der Waals surface area contributed by atoms with Crippen LogP contribution in [0.15, 0.2) is 12.4 Å². The fourth-order valence-corrected chi connectivity index (χ4v) is 0.684. The topological polar surface area (TPSA) is 63.8 Å². The highest BCUT2D eigenvalue weighted by atomic mass is 19.3. The molecule has 0 aliphatic carbocycles. The molecule has 0 saturated carbocycles. The summed E-state index contributed by atoms with van der Waals surface area (Å²) >= 11 is 0. The first-order valence-electron chi connectivity index (χ1n) is 3.83. The SMILES string of the molecule is NCC(F)(F)CNc1ncc(F)cn1. The molecule has 0 aliphatic heterocycles. The van der Waals surface area contributed by atoms with Gasteiger partial charge in [0, 0.05) is 0 Å². The molecule has 0 fully saturated rings. The van der Waals surface area contributed by atoms with Crippen LogP contribution in [0, 0.1) is 5.82 Å². The Balaban J connectivity index is 2.50. The zero-order chi connectivity index (χ0) is 10.6. The third-order valence-corrected chi connectivity index (χ3v) is 1.42. The summed E-state index contributed by atoms with van der Waals surface area (Å²) in [6.45, 7) is -1.43. The maximum absolute atomic E-state index is 12.6. The van der Waals surface area contributed by atoms with Crippen LogP contribution in [-0.4, -0.2) is 29.0 Å². The molecular formula is C7H9F3N4. The van der Waals surface area contributed by atoms with E-state index < -0.39 is 24.8 Å². The predicted molar refractivity (Wildman–Crippen MR) is 44.5 cm³/mol. The molecule has 1 heterocycles. The lowest BCUT2D eigenvalue weighted by Crippen LogP contribution is -2.35. The van der Waals surface area contributed by atoms with E-state index in [0.29, 0.717) is 0 Å². The molecule has 0 bridgehead atoms. The van der Waals surface area contributed by atoms with E-state index >= 15 is 0 Å².